The molecule has 5 nitrogen and oxygen atoms in total. The molecule has 0 saturated carbocycles. The second-order valence-electron chi connectivity index (χ2n) is 4.36. The first-order chi connectivity index (χ1) is 9.60. The second-order valence-corrected chi connectivity index (χ2v) is 4.80. The first-order valence-corrected chi connectivity index (χ1v) is 6.76. The van der Waals surface area contributed by atoms with Crippen molar-refractivity contribution >= 4 is 23.8 Å². The van der Waals surface area contributed by atoms with Crippen molar-refractivity contribution in [1.29, 1.82) is 0 Å². The Kier molecular flexibility index (Phi) is 4.63. The van der Waals surface area contributed by atoms with Gasteiger partial charge in [0.15, 0.2) is 0 Å². The second kappa shape index (κ2) is 6.43. The lowest BCUT2D eigenvalue weighted by Crippen LogP contribution is -2.00. The van der Waals surface area contributed by atoms with Gasteiger partial charge in [-0.2, -0.15) is 5.10 Å². The highest BCUT2D eigenvalue weighted by Crippen LogP contribution is 2.21. The predicted octanol–water partition coefficient (Wildman–Crippen LogP) is 3.10. The van der Waals surface area contributed by atoms with Crippen LogP contribution >= 0.6 is 11.6 Å². The zero-order valence-electron chi connectivity index (χ0n) is 11.5. The summed E-state index contributed by atoms with van der Waals surface area (Å²) < 4.78 is 7.17. The van der Waals surface area contributed by atoms with E-state index in [2.05, 4.69) is 17.0 Å². The van der Waals surface area contributed by atoms with Crippen LogP contribution in [0.2, 0.25) is 5.02 Å². The van der Waals surface area contributed by atoms with E-state index in [9.17, 15) is 0 Å². The normalized spacial score (nSPS) is 11.2. The van der Waals surface area contributed by atoms with Crippen molar-refractivity contribution in [3.63, 3.8) is 0 Å². The smallest absolute Gasteiger partial charge is 0.221 e. The summed E-state index contributed by atoms with van der Waals surface area (Å²) in [5.74, 6) is 1.09. The fourth-order valence-corrected chi connectivity index (χ4v) is 1.86. The topological polar surface area (TPSA) is 65.4 Å². The lowest BCUT2D eigenvalue weighted by atomic mass is 10.2. The van der Waals surface area contributed by atoms with Gasteiger partial charge in [-0.15, -0.1) is 0 Å². The Morgan fingerprint density at radius 2 is 2.30 bits per heavy atom. The van der Waals surface area contributed by atoms with Crippen molar-refractivity contribution in [2.45, 2.75) is 20.3 Å². The highest BCUT2D eigenvalue weighted by atomic mass is 35.5. The Morgan fingerprint density at radius 3 is 2.95 bits per heavy atom. The first-order valence-electron chi connectivity index (χ1n) is 6.38. The van der Waals surface area contributed by atoms with Gasteiger partial charge >= 0.3 is 0 Å². The lowest BCUT2D eigenvalue weighted by Gasteiger charge is -2.08. The van der Waals surface area contributed by atoms with Gasteiger partial charge in [0, 0.05) is 10.6 Å². The summed E-state index contributed by atoms with van der Waals surface area (Å²) in [4.78, 5) is 4.08. The van der Waals surface area contributed by atoms with Gasteiger partial charge in [-0.3, -0.25) is 0 Å². The van der Waals surface area contributed by atoms with Crippen LogP contribution in [0.25, 0.3) is 0 Å². The molecule has 2 aromatic rings. The van der Waals surface area contributed by atoms with E-state index in [4.69, 9.17) is 22.1 Å². The summed E-state index contributed by atoms with van der Waals surface area (Å²) in [7, 11) is 0. The van der Waals surface area contributed by atoms with E-state index in [1.807, 2.05) is 13.0 Å². The van der Waals surface area contributed by atoms with Crippen LogP contribution in [0, 0.1) is 6.92 Å². The fraction of sp³-hybridized carbons (Fsp3) is 0.286. The van der Waals surface area contributed by atoms with Crippen molar-refractivity contribution in [2.24, 2.45) is 5.10 Å². The van der Waals surface area contributed by atoms with E-state index in [-0.39, 0.29) is 0 Å². The highest BCUT2D eigenvalue weighted by Gasteiger charge is 2.04. The molecule has 0 radical (unpaired) electrons. The number of nitrogens with two attached hydrogens (primary N) is 1. The van der Waals surface area contributed by atoms with Gasteiger partial charge in [0.2, 0.25) is 5.95 Å². The van der Waals surface area contributed by atoms with Crippen molar-refractivity contribution in [3.8, 4) is 5.75 Å². The Morgan fingerprint density at radius 1 is 1.50 bits per heavy atom. The van der Waals surface area contributed by atoms with Gasteiger partial charge in [0.1, 0.15) is 5.75 Å². The molecule has 0 aliphatic carbocycles. The maximum absolute atomic E-state index is 6.01. The zero-order chi connectivity index (χ0) is 14.5. The molecule has 2 N–H and O–H groups in total. The van der Waals surface area contributed by atoms with E-state index in [0.717, 1.165) is 23.4 Å². The standard InChI is InChI=1S/C14H17ClN4O/c1-3-6-20-13-5-4-12(15)7-11(13)8-17-19-9-10(2)18-14(19)16/h4-5,7-9H,3,6H2,1-2H3,(H2,16,18). The predicted molar refractivity (Wildman–Crippen MR) is 81.6 cm³/mol. The number of nitrogens with zero attached hydrogens (tertiary/aromatic N) is 3. The van der Waals surface area contributed by atoms with Crippen molar-refractivity contribution in [3.05, 3.63) is 40.7 Å². The minimum absolute atomic E-state index is 0.344. The summed E-state index contributed by atoms with van der Waals surface area (Å²) >= 11 is 6.01. The number of aryl methyl sites for hydroxylation is 1. The van der Waals surface area contributed by atoms with Gasteiger partial charge in [-0.05, 0) is 31.5 Å². The Balaban J connectivity index is 2.27. The van der Waals surface area contributed by atoms with Gasteiger partial charge in [-0.25, -0.2) is 9.66 Å². The molecule has 0 bridgehead atoms. The number of hydrogen-bond acceptors (Lipinski definition) is 4. The molecule has 1 heterocycles. The van der Waals surface area contributed by atoms with Crippen molar-refractivity contribution < 1.29 is 4.74 Å². The molecule has 1 aromatic carbocycles. The molecule has 0 aliphatic rings. The molecule has 0 fully saturated rings. The number of ether oxygens (including phenoxy) is 1. The van der Waals surface area contributed by atoms with Gasteiger partial charge in [0.25, 0.3) is 0 Å². The Labute approximate surface area is 123 Å². The maximum atomic E-state index is 6.01. The molecule has 20 heavy (non-hydrogen) atoms. The maximum Gasteiger partial charge on any atom is 0.221 e. The quantitative estimate of drug-likeness (QED) is 0.861. The number of benzene rings is 1. The van der Waals surface area contributed by atoms with Crippen LogP contribution in [0.1, 0.15) is 24.6 Å². The average molecular weight is 293 g/mol. The molecule has 2 rings (SSSR count). The highest BCUT2D eigenvalue weighted by molar-refractivity contribution is 6.30. The number of imidazole rings is 1. The fourth-order valence-electron chi connectivity index (χ4n) is 1.68. The van der Waals surface area contributed by atoms with Gasteiger partial charge < -0.3 is 10.5 Å². The molecule has 6 heteroatoms. The summed E-state index contributed by atoms with van der Waals surface area (Å²) in [6, 6.07) is 5.43. The monoisotopic (exact) mass is 292 g/mol. The Hall–Kier alpha value is -2.01. The van der Waals surface area contributed by atoms with Crippen LogP contribution in [0.15, 0.2) is 29.5 Å². The summed E-state index contributed by atoms with van der Waals surface area (Å²) in [5, 5.41) is 4.90. The summed E-state index contributed by atoms with van der Waals surface area (Å²) in [6.45, 7) is 4.56. The summed E-state index contributed by atoms with van der Waals surface area (Å²) in [6.07, 6.45) is 4.35. The van der Waals surface area contributed by atoms with E-state index in [0.29, 0.717) is 17.6 Å². The largest absolute Gasteiger partial charge is 0.493 e. The molecule has 0 spiro atoms. The number of rotatable bonds is 5. The van der Waals surface area contributed by atoms with Crippen LogP contribution in [-0.4, -0.2) is 22.5 Å². The van der Waals surface area contributed by atoms with Crippen LogP contribution in [0.3, 0.4) is 0 Å². The third kappa shape index (κ3) is 3.51. The third-order valence-corrected chi connectivity index (χ3v) is 2.82. The van der Waals surface area contributed by atoms with E-state index in [1.165, 1.54) is 4.68 Å². The molecule has 1 aromatic heterocycles. The number of aromatic nitrogens is 2. The molecular weight excluding hydrogens is 276 g/mol. The molecule has 0 amide bonds. The Bertz CT molecular complexity index is 622. The number of anilines is 1. The number of halogens is 1. The number of nitrogen functional groups attached to an aromatic ring is 1. The molecule has 0 aliphatic heterocycles. The van der Waals surface area contributed by atoms with Crippen molar-refractivity contribution in [2.75, 3.05) is 12.3 Å². The number of hydrogen-bond donors (Lipinski definition) is 1. The van der Waals surface area contributed by atoms with E-state index in [1.54, 1.807) is 24.5 Å². The van der Waals surface area contributed by atoms with E-state index < -0.39 is 0 Å². The van der Waals surface area contributed by atoms with Crippen LogP contribution in [0.4, 0.5) is 5.95 Å². The first kappa shape index (κ1) is 14.4. The molecule has 0 atom stereocenters. The van der Waals surface area contributed by atoms with Crippen LogP contribution < -0.4 is 10.5 Å². The minimum atomic E-state index is 0.344. The molecular formula is C14H17ClN4O. The van der Waals surface area contributed by atoms with Crippen LogP contribution in [-0.2, 0) is 0 Å². The zero-order valence-corrected chi connectivity index (χ0v) is 12.3. The lowest BCUT2D eigenvalue weighted by molar-refractivity contribution is 0.317. The minimum Gasteiger partial charge on any atom is -0.493 e. The SMILES string of the molecule is CCCOc1ccc(Cl)cc1C=Nn1cc(C)nc1N. The summed E-state index contributed by atoms with van der Waals surface area (Å²) in [5.41, 5.74) is 7.35. The van der Waals surface area contributed by atoms with E-state index >= 15 is 0 Å². The average Bonchev–Trinajstić information content (AvgIpc) is 2.73. The molecule has 0 unspecified atom stereocenters. The van der Waals surface area contributed by atoms with Crippen LogP contribution in [0.5, 0.6) is 5.75 Å². The van der Waals surface area contributed by atoms with Gasteiger partial charge in [-0.1, -0.05) is 18.5 Å². The molecule has 0 saturated heterocycles. The molecule has 106 valence electrons. The van der Waals surface area contributed by atoms with Gasteiger partial charge in [0.05, 0.1) is 24.7 Å². The third-order valence-electron chi connectivity index (χ3n) is 2.59. The van der Waals surface area contributed by atoms with Crippen molar-refractivity contribution in [1.82, 2.24) is 9.66 Å².